The highest BCUT2D eigenvalue weighted by Gasteiger charge is 2.25. The van der Waals surface area contributed by atoms with Gasteiger partial charge in [0.2, 0.25) is 0 Å². The number of aromatic nitrogens is 1. The van der Waals surface area contributed by atoms with Crippen LogP contribution in [0, 0.1) is 17.0 Å². The molecule has 0 bridgehead atoms. The number of thiazole rings is 1. The molecule has 11 heteroatoms. The molecule has 4 rings (SSSR count). The van der Waals surface area contributed by atoms with Crippen molar-refractivity contribution >= 4 is 62.3 Å². The minimum absolute atomic E-state index is 0. The van der Waals surface area contributed by atoms with E-state index in [2.05, 4.69) is 4.90 Å². The summed E-state index contributed by atoms with van der Waals surface area (Å²) in [6.07, 6.45) is 0.729. The van der Waals surface area contributed by atoms with Gasteiger partial charge in [-0.3, -0.25) is 24.7 Å². The number of hydrogen-bond donors (Lipinski definition) is 0. The van der Waals surface area contributed by atoms with Crippen LogP contribution in [0.15, 0.2) is 36.4 Å². The first-order chi connectivity index (χ1) is 15.4. The lowest BCUT2D eigenvalue weighted by atomic mass is 10.1. The lowest BCUT2D eigenvalue weighted by molar-refractivity contribution is -0.384. The molecule has 0 saturated carbocycles. The molecule has 3 aromatic rings. The molecular formula is C22H24Cl2N4O4S. The highest BCUT2D eigenvalue weighted by molar-refractivity contribution is 7.22. The maximum absolute atomic E-state index is 13.5. The van der Waals surface area contributed by atoms with Crippen molar-refractivity contribution < 1.29 is 14.5 Å². The van der Waals surface area contributed by atoms with E-state index in [0.29, 0.717) is 24.9 Å². The number of nitro benzene ring substituents is 1. The number of carbonyl (C=O) groups excluding carboxylic acids is 1. The lowest BCUT2D eigenvalue weighted by Crippen LogP contribution is -2.39. The van der Waals surface area contributed by atoms with Crippen LogP contribution in [-0.2, 0) is 4.74 Å². The molecule has 1 fully saturated rings. The summed E-state index contributed by atoms with van der Waals surface area (Å²) in [7, 11) is 0. The Labute approximate surface area is 206 Å². The smallest absolute Gasteiger partial charge is 0.270 e. The Bertz CT molecular complexity index is 1150. The molecular weight excluding hydrogens is 487 g/mol. The summed E-state index contributed by atoms with van der Waals surface area (Å²) in [5.74, 6) is -0.391. The Morgan fingerprint density at radius 2 is 2.06 bits per heavy atom. The fourth-order valence-corrected chi connectivity index (χ4v) is 4.95. The number of benzene rings is 2. The minimum Gasteiger partial charge on any atom is -0.379 e. The second kappa shape index (κ2) is 11.2. The van der Waals surface area contributed by atoms with Crippen LogP contribution in [0.25, 0.3) is 10.2 Å². The number of ether oxygens (including phenoxy) is 1. The number of carbonyl (C=O) groups is 1. The number of non-ortho nitro benzene ring substituents is 1. The average molecular weight is 511 g/mol. The van der Waals surface area contributed by atoms with E-state index in [1.54, 1.807) is 4.90 Å². The fourth-order valence-electron chi connectivity index (χ4n) is 3.69. The predicted molar refractivity (Wildman–Crippen MR) is 133 cm³/mol. The number of nitro groups is 1. The normalized spacial score (nSPS) is 14.1. The predicted octanol–water partition coefficient (Wildman–Crippen LogP) is 4.96. The molecule has 2 aromatic carbocycles. The van der Waals surface area contributed by atoms with Crippen LogP contribution in [0.1, 0.15) is 22.3 Å². The Kier molecular flexibility index (Phi) is 8.61. The molecule has 1 aromatic heterocycles. The number of nitrogens with zero attached hydrogens (tertiary/aromatic N) is 4. The van der Waals surface area contributed by atoms with E-state index >= 15 is 0 Å². The number of rotatable bonds is 7. The van der Waals surface area contributed by atoms with Crippen molar-refractivity contribution in [3.05, 3.63) is 62.7 Å². The number of amides is 1. The number of para-hydroxylation sites is 1. The topological polar surface area (TPSA) is 88.8 Å². The summed E-state index contributed by atoms with van der Waals surface area (Å²) in [6, 6.07) is 9.83. The van der Waals surface area contributed by atoms with Crippen LogP contribution < -0.4 is 4.90 Å². The number of fused-ring (bicyclic) bond motifs is 1. The van der Waals surface area contributed by atoms with E-state index in [1.807, 2.05) is 25.1 Å². The molecule has 176 valence electrons. The zero-order valence-corrected chi connectivity index (χ0v) is 20.4. The molecule has 1 amide bonds. The highest BCUT2D eigenvalue weighted by atomic mass is 35.5. The van der Waals surface area contributed by atoms with Crippen molar-refractivity contribution in [1.82, 2.24) is 9.88 Å². The van der Waals surface area contributed by atoms with Gasteiger partial charge in [-0.05, 0) is 31.0 Å². The summed E-state index contributed by atoms with van der Waals surface area (Å²) < 4.78 is 6.38. The van der Waals surface area contributed by atoms with E-state index in [-0.39, 0.29) is 28.7 Å². The minimum atomic E-state index is -0.531. The molecule has 0 N–H and O–H groups in total. The molecule has 0 radical (unpaired) electrons. The number of anilines is 1. The molecule has 8 nitrogen and oxygen atoms in total. The summed E-state index contributed by atoms with van der Waals surface area (Å²) in [5.41, 5.74) is 1.80. The van der Waals surface area contributed by atoms with Crippen LogP contribution in [0.2, 0.25) is 5.02 Å². The largest absolute Gasteiger partial charge is 0.379 e. The summed E-state index contributed by atoms with van der Waals surface area (Å²) in [4.78, 5) is 32.9. The lowest BCUT2D eigenvalue weighted by Gasteiger charge is -2.27. The van der Waals surface area contributed by atoms with Crippen molar-refractivity contribution in [3.63, 3.8) is 0 Å². The van der Waals surface area contributed by atoms with Gasteiger partial charge in [-0.25, -0.2) is 4.98 Å². The Hall–Kier alpha value is -2.30. The average Bonchev–Trinajstić information content (AvgIpc) is 3.22. The zero-order valence-electron chi connectivity index (χ0n) is 18.0. The van der Waals surface area contributed by atoms with Crippen molar-refractivity contribution in [2.45, 2.75) is 13.3 Å². The van der Waals surface area contributed by atoms with Gasteiger partial charge in [0.05, 0.1) is 38.9 Å². The van der Waals surface area contributed by atoms with Crippen LogP contribution in [-0.4, -0.2) is 60.1 Å². The SMILES string of the molecule is Cc1cccc2sc(N(CCCN3CCOCC3)C(=O)c3cc([N+](=O)[O-])ccc3Cl)nc12.Cl. The fraction of sp³-hybridized carbons (Fsp3) is 0.364. The summed E-state index contributed by atoms with van der Waals surface area (Å²) >= 11 is 7.71. The Morgan fingerprint density at radius 1 is 1.30 bits per heavy atom. The van der Waals surface area contributed by atoms with E-state index < -0.39 is 10.8 Å². The van der Waals surface area contributed by atoms with Crippen LogP contribution in [0.3, 0.4) is 0 Å². The van der Waals surface area contributed by atoms with E-state index in [0.717, 1.165) is 41.8 Å². The first-order valence-corrected chi connectivity index (χ1v) is 11.6. The Morgan fingerprint density at radius 3 is 2.76 bits per heavy atom. The number of morpholine rings is 1. The molecule has 0 spiro atoms. The third-order valence-corrected chi connectivity index (χ3v) is 6.81. The van der Waals surface area contributed by atoms with Crippen molar-refractivity contribution in [2.24, 2.45) is 0 Å². The monoisotopic (exact) mass is 510 g/mol. The van der Waals surface area contributed by atoms with Gasteiger partial charge in [-0.2, -0.15) is 0 Å². The maximum atomic E-state index is 13.5. The van der Waals surface area contributed by atoms with Gasteiger partial charge in [0, 0.05) is 38.3 Å². The third kappa shape index (κ3) is 5.80. The first kappa shape index (κ1) is 25.3. The summed E-state index contributed by atoms with van der Waals surface area (Å²) in [6.45, 7) is 6.38. The van der Waals surface area contributed by atoms with Gasteiger partial charge in [0.1, 0.15) is 0 Å². The van der Waals surface area contributed by atoms with Gasteiger partial charge in [0.25, 0.3) is 11.6 Å². The molecule has 1 aliphatic heterocycles. The highest BCUT2D eigenvalue weighted by Crippen LogP contribution is 2.33. The van der Waals surface area contributed by atoms with Crippen LogP contribution in [0.4, 0.5) is 10.8 Å². The molecule has 2 heterocycles. The number of halogens is 2. The molecule has 33 heavy (non-hydrogen) atoms. The molecule has 0 aliphatic carbocycles. The second-order valence-corrected chi connectivity index (χ2v) is 9.02. The van der Waals surface area contributed by atoms with E-state index in [1.165, 1.54) is 29.5 Å². The second-order valence-electron chi connectivity index (χ2n) is 7.60. The standard InChI is InChI=1S/C22H23ClN4O4S.ClH/c1-15-4-2-5-19-20(15)24-22(32-19)26(9-3-8-25-10-12-31-13-11-25)21(28)17-14-16(27(29)30)6-7-18(17)23;/h2,4-7,14H,3,8-13H2,1H3;1H. The maximum Gasteiger partial charge on any atom is 0.270 e. The van der Waals surface area contributed by atoms with E-state index in [9.17, 15) is 14.9 Å². The Balaban J connectivity index is 0.00000306. The van der Waals surface area contributed by atoms with Crippen LogP contribution in [0.5, 0.6) is 0 Å². The molecule has 0 unspecified atom stereocenters. The third-order valence-electron chi connectivity index (χ3n) is 5.44. The van der Waals surface area contributed by atoms with Gasteiger partial charge in [-0.15, -0.1) is 12.4 Å². The van der Waals surface area contributed by atoms with Gasteiger partial charge < -0.3 is 4.74 Å². The van der Waals surface area contributed by atoms with Crippen molar-refractivity contribution in [1.29, 1.82) is 0 Å². The van der Waals surface area contributed by atoms with Gasteiger partial charge >= 0.3 is 0 Å². The molecule has 1 saturated heterocycles. The molecule has 0 atom stereocenters. The quantitative estimate of drug-likeness (QED) is 0.329. The number of aryl methyl sites for hydroxylation is 1. The van der Waals surface area contributed by atoms with E-state index in [4.69, 9.17) is 21.3 Å². The van der Waals surface area contributed by atoms with Crippen LogP contribution >= 0.6 is 35.3 Å². The number of hydrogen-bond acceptors (Lipinski definition) is 7. The molecule has 1 aliphatic rings. The zero-order chi connectivity index (χ0) is 22.7. The van der Waals surface area contributed by atoms with Gasteiger partial charge in [-0.1, -0.05) is 35.1 Å². The van der Waals surface area contributed by atoms with Crippen molar-refractivity contribution in [3.8, 4) is 0 Å². The van der Waals surface area contributed by atoms with Crippen molar-refractivity contribution in [2.75, 3.05) is 44.3 Å². The summed E-state index contributed by atoms with van der Waals surface area (Å²) in [5, 5.41) is 12.0. The first-order valence-electron chi connectivity index (χ1n) is 10.4. The van der Waals surface area contributed by atoms with Gasteiger partial charge in [0.15, 0.2) is 5.13 Å².